The van der Waals surface area contributed by atoms with Crippen molar-refractivity contribution in [2.24, 2.45) is 0 Å². The number of benzene rings is 2. The van der Waals surface area contributed by atoms with Crippen LogP contribution in [0.5, 0.6) is 0 Å². The second-order valence-electron chi connectivity index (χ2n) is 5.16. The lowest BCUT2D eigenvalue weighted by molar-refractivity contribution is 0.0866. The molecule has 0 radical (unpaired) electrons. The third-order valence-electron chi connectivity index (χ3n) is 3.72. The van der Waals surface area contributed by atoms with Crippen molar-refractivity contribution in [3.05, 3.63) is 69.7 Å². The Kier molecular flexibility index (Phi) is 4.77. The molecule has 2 aromatic rings. The lowest BCUT2D eigenvalue weighted by Gasteiger charge is -2.20. The number of halogens is 4. The minimum atomic E-state index is -1.59. The van der Waals surface area contributed by atoms with Gasteiger partial charge in [-0.2, -0.15) is 0 Å². The molecule has 2 aliphatic rings. The molecule has 0 saturated carbocycles. The van der Waals surface area contributed by atoms with Crippen LogP contribution in [0.3, 0.4) is 0 Å². The van der Waals surface area contributed by atoms with Crippen molar-refractivity contribution in [2.75, 3.05) is 0 Å². The van der Waals surface area contributed by atoms with Crippen LogP contribution >= 0.6 is 46.6 Å². The summed E-state index contributed by atoms with van der Waals surface area (Å²) in [4.78, 5) is 11.5. The fourth-order valence-corrected chi connectivity index (χ4v) is 3.72. The highest BCUT2D eigenvalue weighted by Gasteiger charge is 2.48. The van der Waals surface area contributed by atoms with Gasteiger partial charge in [0.1, 0.15) is 0 Å². The summed E-state index contributed by atoms with van der Waals surface area (Å²) in [7, 11) is 0. The Morgan fingerprint density at radius 1 is 1.00 bits per heavy atom. The molecular weight excluding hydrogens is 378 g/mol. The molecular formula is C16H12Cl4N2O. The number of nitrogens with one attached hydrogen (secondary N) is 1. The van der Waals surface area contributed by atoms with Crippen LogP contribution in [0, 0.1) is 0 Å². The largest absolute Gasteiger partial charge is 0.309 e. The van der Waals surface area contributed by atoms with Crippen LogP contribution in [-0.2, 0) is 17.5 Å². The number of rotatable bonds is 0. The lowest BCUT2D eigenvalue weighted by atomic mass is 10.1. The minimum Gasteiger partial charge on any atom is -0.309 e. The van der Waals surface area contributed by atoms with Crippen molar-refractivity contribution in [1.82, 2.24) is 9.74 Å². The van der Waals surface area contributed by atoms with E-state index in [1.165, 1.54) is 11.1 Å². The van der Waals surface area contributed by atoms with Crippen LogP contribution in [0.4, 0.5) is 0 Å². The smallest absolute Gasteiger partial charge is 0.271 e. The van der Waals surface area contributed by atoms with Crippen LogP contribution in [0.1, 0.15) is 27.0 Å². The third-order valence-corrected chi connectivity index (χ3v) is 5.33. The second-order valence-corrected chi connectivity index (χ2v) is 7.19. The second kappa shape index (κ2) is 6.50. The predicted molar refractivity (Wildman–Crippen MR) is 93.8 cm³/mol. The van der Waals surface area contributed by atoms with Gasteiger partial charge in [-0.15, -0.1) is 0 Å². The maximum absolute atomic E-state index is 11.5. The Morgan fingerprint density at radius 3 is 2.17 bits per heavy atom. The average molecular weight is 390 g/mol. The van der Waals surface area contributed by atoms with Gasteiger partial charge in [-0.25, -0.2) is 4.42 Å². The number of hydrogen-bond donors (Lipinski definition) is 1. The van der Waals surface area contributed by atoms with Crippen molar-refractivity contribution >= 4 is 52.5 Å². The van der Waals surface area contributed by atoms with Gasteiger partial charge in [-0.1, -0.05) is 65.1 Å². The standard InChI is InChI=1S/C8H3Cl4NO.C8H9N/c9-5-3-1-2-4-6(5)8(10,11)13(12)7(4)14;1-2-4-8-6-9-5-7(8)3-1/h1-3H;1-4,9H,5-6H2. The zero-order valence-electron chi connectivity index (χ0n) is 11.8. The Balaban J connectivity index is 0.000000149. The van der Waals surface area contributed by atoms with Crippen LogP contribution in [0.25, 0.3) is 0 Å². The van der Waals surface area contributed by atoms with Gasteiger partial charge in [0.05, 0.1) is 5.56 Å². The summed E-state index contributed by atoms with van der Waals surface area (Å²) in [6.45, 7) is 2.10. The third kappa shape index (κ3) is 3.04. The topological polar surface area (TPSA) is 32.3 Å². The molecule has 2 aromatic carbocycles. The fraction of sp³-hybridized carbons (Fsp3) is 0.188. The van der Waals surface area contributed by atoms with E-state index in [0.29, 0.717) is 16.1 Å². The molecule has 3 nitrogen and oxygen atoms in total. The summed E-state index contributed by atoms with van der Waals surface area (Å²) in [5.74, 6) is -0.450. The normalized spacial score (nSPS) is 17.4. The molecule has 0 bridgehead atoms. The van der Waals surface area contributed by atoms with E-state index in [4.69, 9.17) is 46.6 Å². The quantitative estimate of drug-likeness (QED) is 0.397. The predicted octanol–water partition coefficient (Wildman–Crippen LogP) is 4.83. The molecule has 0 atom stereocenters. The number of carbonyl (C=O) groups excluding carboxylic acids is 1. The summed E-state index contributed by atoms with van der Waals surface area (Å²) >= 11 is 23.3. The van der Waals surface area contributed by atoms with Gasteiger partial charge in [0, 0.05) is 35.5 Å². The molecule has 1 amide bonds. The zero-order chi connectivity index (χ0) is 16.6. The Morgan fingerprint density at radius 2 is 1.61 bits per heavy atom. The highest BCUT2D eigenvalue weighted by atomic mass is 35.5. The van der Waals surface area contributed by atoms with Crippen molar-refractivity contribution < 1.29 is 4.79 Å². The number of hydrogen-bond acceptors (Lipinski definition) is 2. The Labute approximate surface area is 154 Å². The van der Waals surface area contributed by atoms with E-state index in [0.717, 1.165) is 17.5 Å². The molecule has 23 heavy (non-hydrogen) atoms. The summed E-state index contributed by atoms with van der Waals surface area (Å²) in [5, 5.41) is 3.61. The number of alkyl halides is 2. The van der Waals surface area contributed by atoms with Crippen LogP contribution in [0.15, 0.2) is 42.5 Å². The average Bonchev–Trinajstić information content (AvgIpc) is 3.07. The number of carbonyl (C=O) groups is 1. The molecule has 2 aliphatic heterocycles. The van der Waals surface area contributed by atoms with Gasteiger partial charge >= 0.3 is 0 Å². The first kappa shape index (κ1) is 16.9. The van der Waals surface area contributed by atoms with Gasteiger partial charge in [-0.3, -0.25) is 4.79 Å². The van der Waals surface area contributed by atoms with E-state index in [1.54, 1.807) is 18.2 Å². The molecule has 0 saturated heterocycles. The Bertz CT molecular complexity index is 740. The molecule has 2 heterocycles. The molecule has 0 fully saturated rings. The van der Waals surface area contributed by atoms with E-state index in [2.05, 4.69) is 29.6 Å². The molecule has 120 valence electrons. The maximum Gasteiger partial charge on any atom is 0.271 e. The molecule has 1 N–H and O–H groups in total. The number of amides is 1. The van der Waals surface area contributed by atoms with Gasteiger partial charge in [-0.05, 0) is 23.3 Å². The van der Waals surface area contributed by atoms with E-state index in [-0.39, 0.29) is 0 Å². The van der Waals surface area contributed by atoms with Crippen LogP contribution in [0.2, 0.25) is 5.02 Å². The summed E-state index contributed by atoms with van der Waals surface area (Å²) in [6, 6.07) is 13.3. The monoisotopic (exact) mass is 388 g/mol. The molecule has 0 spiro atoms. The Hall–Kier alpha value is -0.970. The first-order valence-corrected chi connectivity index (χ1v) is 8.34. The number of fused-ring (bicyclic) bond motifs is 2. The van der Waals surface area contributed by atoms with Crippen LogP contribution in [-0.4, -0.2) is 10.3 Å². The van der Waals surface area contributed by atoms with Crippen molar-refractivity contribution in [2.45, 2.75) is 17.5 Å². The molecule has 4 rings (SSSR count). The summed E-state index contributed by atoms with van der Waals surface area (Å²) in [5.41, 5.74) is 3.58. The first-order valence-electron chi connectivity index (χ1n) is 6.87. The lowest BCUT2D eigenvalue weighted by Crippen LogP contribution is -2.26. The van der Waals surface area contributed by atoms with E-state index >= 15 is 0 Å². The minimum absolute atomic E-state index is 0.323. The molecule has 7 heteroatoms. The fourth-order valence-electron chi connectivity index (χ4n) is 2.57. The van der Waals surface area contributed by atoms with Gasteiger partial charge in [0.2, 0.25) is 4.46 Å². The number of nitrogens with zero attached hydrogens (tertiary/aromatic N) is 1. The molecule has 0 unspecified atom stereocenters. The summed E-state index contributed by atoms with van der Waals surface area (Å²) < 4.78 is -0.862. The van der Waals surface area contributed by atoms with Gasteiger partial charge in [0.25, 0.3) is 5.91 Å². The zero-order valence-corrected chi connectivity index (χ0v) is 14.8. The van der Waals surface area contributed by atoms with Crippen LogP contribution < -0.4 is 5.32 Å². The van der Waals surface area contributed by atoms with Crippen molar-refractivity contribution in [1.29, 1.82) is 0 Å². The summed E-state index contributed by atoms with van der Waals surface area (Å²) in [6.07, 6.45) is 0. The van der Waals surface area contributed by atoms with E-state index in [1.807, 2.05) is 0 Å². The maximum atomic E-state index is 11.5. The SMILES string of the molecule is O=C1c2cccc(Cl)c2C(Cl)(Cl)N1Cl.c1ccc2c(c1)CNC2. The van der Waals surface area contributed by atoms with E-state index in [9.17, 15) is 4.79 Å². The van der Waals surface area contributed by atoms with Crippen molar-refractivity contribution in [3.63, 3.8) is 0 Å². The molecule has 0 aliphatic carbocycles. The highest BCUT2D eigenvalue weighted by molar-refractivity contribution is 6.54. The highest BCUT2D eigenvalue weighted by Crippen LogP contribution is 2.49. The molecule has 0 aromatic heterocycles. The van der Waals surface area contributed by atoms with Gasteiger partial charge in [0.15, 0.2) is 0 Å². The van der Waals surface area contributed by atoms with Crippen molar-refractivity contribution in [3.8, 4) is 0 Å². The first-order chi connectivity index (χ1) is 10.9. The van der Waals surface area contributed by atoms with E-state index < -0.39 is 10.4 Å². The van der Waals surface area contributed by atoms with Gasteiger partial charge < -0.3 is 5.32 Å².